The highest BCUT2D eigenvalue weighted by molar-refractivity contribution is 6.04. The Labute approximate surface area is 172 Å². The molecule has 0 radical (unpaired) electrons. The van der Waals surface area contributed by atoms with Gasteiger partial charge in [0.25, 0.3) is 0 Å². The largest absolute Gasteiger partial charge is 0.489 e. The Balaban J connectivity index is 1.52. The minimum atomic E-state index is -0.323. The first-order valence-corrected chi connectivity index (χ1v) is 10.1. The van der Waals surface area contributed by atoms with Gasteiger partial charge in [-0.15, -0.1) is 0 Å². The molecule has 2 aromatic carbocycles. The van der Waals surface area contributed by atoms with Gasteiger partial charge in [0.05, 0.1) is 11.8 Å². The quantitative estimate of drug-likeness (QED) is 0.761. The van der Waals surface area contributed by atoms with Crippen molar-refractivity contribution in [2.24, 2.45) is 0 Å². The van der Waals surface area contributed by atoms with Crippen LogP contribution in [0.1, 0.15) is 25.8 Å². The van der Waals surface area contributed by atoms with E-state index < -0.39 is 0 Å². The highest BCUT2D eigenvalue weighted by atomic mass is 16.5. The first-order chi connectivity index (χ1) is 13.9. The van der Waals surface area contributed by atoms with Crippen molar-refractivity contribution in [3.05, 3.63) is 54.1 Å². The summed E-state index contributed by atoms with van der Waals surface area (Å²) in [7, 11) is 0. The third-order valence-electron chi connectivity index (χ3n) is 4.83. The summed E-state index contributed by atoms with van der Waals surface area (Å²) < 4.78 is 5.71. The van der Waals surface area contributed by atoms with Crippen LogP contribution in [0.2, 0.25) is 0 Å². The fourth-order valence-corrected chi connectivity index (χ4v) is 3.41. The zero-order chi connectivity index (χ0) is 20.8. The molecular weight excluding hydrogens is 366 g/mol. The van der Waals surface area contributed by atoms with E-state index in [1.165, 1.54) is 11.3 Å². The van der Waals surface area contributed by atoms with Crippen molar-refractivity contribution in [2.75, 3.05) is 36.4 Å². The van der Waals surface area contributed by atoms with Crippen molar-refractivity contribution in [3.63, 3.8) is 0 Å². The van der Waals surface area contributed by atoms with Gasteiger partial charge in [0.15, 0.2) is 0 Å². The molecule has 0 unspecified atom stereocenters. The summed E-state index contributed by atoms with van der Waals surface area (Å²) in [6.07, 6.45) is -0.167. The molecule has 1 N–H and O–H groups in total. The number of nitrogens with zero attached hydrogens (tertiary/aromatic N) is 2. The zero-order valence-corrected chi connectivity index (χ0v) is 17.4. The summed E-state index contributed by atoms with van der Waals surface area (Å²) in [6.45, 7) is 8.70. The van der Waals surface area contributed by atoms with E-state index in [4.69, 9.17) is 4.74 Å². The maximum Gasteiger partial charge on any atom is 0.233 e. The van der Waals surface area contributed by atoms with Crippen LogP contribution in [-0.2, 0) is 9.59 Å². The molecular formula is C23H29N3O3. The normalized spacial score (nSPS) is 14.1. The van der Waals surface area contributed by atoms with Crippen LogP contribution in [0, 0.1) is 6.92 Å². The SMILES string of the molecule is Cc1cccc(N2CCN(C(=O)CC(=O)Nc3ccccc3OC(C)C)CC2)c1. The number of carbonyl (C=O) groups excluding carboxylic acids is 2. The Morgan fingerprint density at radius 3 is 2.45 bits per heavy atom. The first kappa shape index (κ1) is 20.7. The lowest BCUT2D eigenvalue weighted by atomic mass is 10.2. The van der Waals surface area contributed by atoms with E-state index in [0.717, 1.165) is 13.1 Å². The van der Waals surface area contributed by atoms with Crippen molar-refractivity contribution in [3.8, 4) is 5.75 Å². The molecule has 0 spiro atoms. The number of nitrogens with one attached hydrogen (secondary N) is 1. The van der Waals surface area contributed by atoms with Crippen molar-refractivity contribution < 1.29 is 14.3 Å². The van der Waals surface area contributed by atoms with Crippen molar-refractivity contribution >= 4 is 23.2 Å². The van der Waals surface area contributed by atoms with Gasteiger partial charge in [0, 0.05) is 31.9 Å². The van der Waals surface area contributed by atoms with E-state index in [-0.39, 0.29) is 24.3 Å². The lowest BCUT2D eigenvalue weighted by Gasteiger charge is -2.36. The summed E-state index contributed by atoms with van der Waals surface area (Å²) in [5.41, 5.74) is 2.99. The molecule has 6 heteroatoms. The van der Waals surface area contributed by atoms with Crippen molar-refractivity contribution in [1.82, 2.24) is 4.90 Å². The molecule has 0 bridgehead atoms. The number of hydrogen-bond acceptors (Lipinski definition) is 4. The topological polar surface area (TPSA) is 61.9 Å². The number of piperazine rings is 1. The number of amides is 2. The average molecular weight is 396 g/mol. The summed E-state index contributed by atoms with van der Waals surface area (Å²) in [5, 5.41) is 2.80. The van der Waals surface area contributed by atoms with Gasteiger partial charge in [-0.25, -0.2) is 0 Å². The smallest absolute Gasteiger partial charge is 0.233 e. The maximum atomic E-state index is 12.6. The van der Waals surface area contributed by atoms with Gasteiger partial charge in [-0.1, -0.05) is 24.3 Å². The Morgan fingerprint density at radius 2 is 1.76 bits per heavy atom. The van der Waals surface area contributed by atoms with Crippen LogP contribution in [-0.4, -0.2) is 49.0 Å². The van der Waals surface area contributed by atoms with Gasteiger partial charge in [-0.2, -0.15) is 0 Å². The van der Waals surface area contributed by atoms with Crippen LogP contribution in [0.25, 0.3) is 0 Å². The molecule has 0 atom stereocenters. The van der Waals surface area contributed by atoms with Crippen LogP contribution in [0.15, 0.2) is 48.5 Å². The Kier molecular flexibility index (Phi) is 6.75. The second-order valence-corrected chi connectivity index (χ2v) is 7.59. The van der Waals surface area contributed by atoms with E-state index >= 15 is 0 Å². The Hall–Kier alpha value is -3.02. The fourth-order valence-electron chi connectivity index (χ4n) is 3.41. The third-order valence-corrected chi connectivity index (χ3v) is 4.83. The van der Waals surface area contributed by atoms with E-state index in [2.05, 4.69) is 35.3 Å². The van der Waals surface area contributed by atoms with Gasteiger partial charge >= 0.3 is 0 Å². The van der Waals surface area contributed by atoms with Crippen LogP contribution in [0.3, 0.4) is 0 Å². The highest BCUT2D eigenvalue weighted by Crippen LogP contribution is 2.25. The fraction of sp³-hybridized carbons (Fsp3) is 0.391. The second kappa shape index (κ2) is 9.45. The summed E-state index contributed by atoms with van der Waals surface area (Å²) in [5.74, 6) is 0.139. The summed E-state index contributed by atoms with van der Waals surface area (Å²) >= 11 is 0. The molecule has 1 aliphatic rings. The second-order valence-electron chi connectivity index (χ2n) is 7.59. The number of benzene rings is 2. The molecule has 0 aliphatic carbocycles. The molecule has 1 fully saturated rings. The van der Waals surface area contributed by atoms with Gasteiger partial charge in [0.2, 0.25) is 11.8 Å². The van der Waals surface area contributed by atoms with Crippen molar-refractivity contribution in [1.29, 1.82) is 0 Å². The number of anilines is 2. The average Bonchev–Trinajstić information content (AvgIpc) is 2.69. The minimum absolute atomic E-state index is 0.000572. The number of carbonyl (C=O) groups is 2. The molecule has 6 nitrogen and oxygen atoms in total. The Morgan fingerprint density at radius 1 is 1.03 bits per heavy atom. The van der Waals surface area contributed by atoms with E-state index in [9.17, 15) is 9.59 Å². The number of hydrogen-bond donors (Lipinski definition) is 1. The molecule has 1 heterocycles. The predicted octanol–water partition coefficient (Wildman–Crippen LogP) is 3.46. The molecule has 0 saturated carbocycles. The van der Waals surface area contributed by atoms with Crippen LogP contribution >= 0.6 is 0 Å². The zero-order valence-electron chi connectivity index (χ0n) is 17.4. The number of ether oxygens (including phenoxy) is 1. The molecule has 3 rings (SSSR count). The molecule has 1 saturated heterocycles. The Bertz CT molecular complexity index is 858. The minimum Gasteiger partial charge on any atom is -0.489 e. The van der Waals surface area contributed by atoms with Crippen LogP contribution in [0.4, 0.5) is 11.4 Å². The van der Waals surface area contributed by atoms with Gasteiger partial charge in [-0.05, 0) is 50.6 Å². The third kappa shape index (κ3) is 5.73. The summed E-state index contributed by atoms with van der Waals surface area (Å²) in [6, 6.07) is 15.6. The number of rotatable bonds is 6. The highest BCUT2D eigenvalue weighted by Gasteiger charge is 2.23. The standard InChI is InChI=1S/C23H29N3O3/c1-17(2)29-21-10-5-4-9-20(21)24-22(27)16-23(28)26-13-11-25(12-14-26)19-8-6-7-18(3)15-19/h4-10,15,17H,11-14,16H2,1-3H3,(H,24,27). The monoisotopic (exact) mass is 395 g/mol. The van der Waals surface area contributed by atoms with E-state index in [1.807, 2.05) is 38.1 Å². The number of aryl methyl sites for hydroxylation is 1. The molecule has 154 valence electrons. The predicted molar refractivity (Wildman–Crippen MR) is 115 cm³/mol. The summed E-state index contributed by atoms with van der Waals surface area (Å²) in [4.78, 5) is 29.0. The molecule has 2 aromatic rings. The lowest BCUT2D eigenvalue weighted by Crippen LogP contribution is -2.49. The van der Waals surface area contributed by atoms with E-state index in [1.54, 1.807) is 11.0 Å². The molecule has 0 aromatic heterocycles. The molecule has 29 heavy (non-hydrogen) atoms. The number of para-hydroxylation sites is 2. The lowest BCUT2D eigenvalue weighted by molar-refractivity contribution is -0.134. The molecule has 1 aliphatic heterocycles. The van der Waals surface area contributed by atoms with Crippen LogP contribution in [0.5, 0.6) is 5.75 Å². The van der Waals surface area contributed by atoms with Gasteiger partial charge in [0.1, 0.15) is 12.2 Å². The van der Waals surface area contributed by atoms with E-state index in [0.29, 0.717) is 24.5 Å². The first-order valence-electron chi connectivity index (χ1n) is 10.1. The van der Waals surface area contributed by atoms with Gasteiger partial charge in [-0.3, -0.25) is 9.59 Å². The molecule has 2 amide bonds. The maximum absolute atomic E-state index is 12.6. The van der Waals surface area contributed by atoms with Crippen molar-refractivity contribution in [2.45, 2.75) is 33.3 Å². The van der Waals surface area contributed by atoms with Crippen LogP contribution < -0.4 is 15.0 Å². The van der Waals surface area contributed by atoms with Gasteiger partial charge < -0.3 is 19.9 Å².